The van der Waals surface area contributed by atoms with Gasteiger partial charge in [0.2, 0.25) is 5.78 Å². The number of pyridine rings is 1. The number of hydrogen-bond donors (Lipinski definition) is 1. The quantitative estimate of drug-likeness (QED) is 0.303. The molecule has 4 aromatic rings. The zero-order valence-electron chi connectivity index (χ0n) is 15.4. The van der Waals surface area contributed by atoms with Crippen LogP contribution in [0, 0.1) is 12.7 Å². The fourth-order valence-corrected chi connectivity index (χ4v) is 3.77. The second-order valence-corrected chi connectivity index (χ2v) is 7.30. The predicted octanol–water partition coefficient (Wildman–Crippen LogP) is 4.44. The van der Waals surface area contributed by atoms with Crippen LogP contribution in [-0.4, -0.2) is 22.3 Å². The van der Waals surface area contributed by atoms with Crippen molar-refractivity contribution in [2.75, 3.05) is 0 Å². The zero-order chi connectivity index (χ0) is 20.4. The lowest BCUT2D eigenvalue weighted by Crippen LogP contribution is -2.16. The van der Waals surface area contributed by atoms with E-state index in [1.165, 1.54) is 41.8 Å². The van der Waals surface area contributed by atoms with Crippen LogP contribution >= 0.6 is 11.3 Å². The van der Waals surface area contributed by atoms with Crippen LogP contribution in [0.5, 0.6) is 0 Å². The topological polar surface area (TPSA) is 62.9 Å². The minimum atomic E-state index is -0.396. The van der Waals surface area contributed by atoms with Gasteiger partial charge >= 0.3 is 0 Å². The van der Waals surface area contributed by atoms with Crippen molar-refractivity contribution in [3.63, 3.8) is 0 Å². The van der Waals surface area contributed by atoms with E-state index >= 15 is 0 Å². The fraction of sp³-hybridized carbons (Fsp3) is 0.0455. The van der Waals surface area contributed by atoms with Crippen molar-refractivity contribution in [1.29, 1.82) is 0 Å². The molecule has 7 heteroatoms. The number of amides is 1. The number of carbonyl (C=O) groups excluding carboxylic acids is 2. The van der Waals surface area contributed by atoms with Crippen LogP contribution in [0.4, 0.5) is 4.39 Å². The van der Waals surface area contributed by atoms with E-state index in [4.69, 9.17) is 0 Å². The minimum absolute atomic E-state index is 0.217. The van der Waals surface area contributed by atoms with Crippen LogP contribution in [0.1, 0.15) is 36.9 Å². The maximum absolute atomic E-state index is 13.2. The van der Waals surface area contributed by atoms with E-state index in [-0.39, 0.29) is 11.7 Å². The molecule has 1 aromatic carbocycles. The molecule has 0 aliphatic heterocycles. The molecule has 0 aliphatic carbocycles. The average Bonchev–Trinajstić information content (AvgIpc) is 3.35. The number of rotatable bonds is 5. The molecule has 1 N–H and O–H groups in total. The monoisotopic (exact) mass is 405 g/mol. The van der Waals surface area contributed by atoms with Crippen LogP contribution < -0.4 is 5.43 Å². The molecule has 0 spiro atoms. The highest BCUT2D eigenvalue weighted by Crippen LogP contribution is 2.24. The van der Waals surface area contributed by atoms with E-state index < -0.39 is 5.82 Å². The lowest BCUT2D eigenvalue weighted by molar-refractivity contribution is 0.0958. The Kier molecular flexibility index (Phi) is 5.05. The Morgan fingerprint density at radius 3 is 2.62 bits per heavy atom. The highest BCUT2D eigenvalue weighted by Gasteiger charge is 2.21. The molecule has 1 amide bonds. The summed E-state index contributed by atoms with van der Waals surface area (Å²) in [6.45, 7) is 1.83. The van der Waals surface area contributed by atoms with Crippen molar-refractivity contribution < 1.29 is 14.0 Å². The number of benzene rings is 1. The SMILES string of the molecule is Cc1c(/C=N\NC(=O)c2cccs2)c2ccccn2c1C(=O)c1ccc(F)cc1. The number of ketones is 1. The van der Waals surface area contributed by atoms with E-state index in [2.05, 4.69) is 10.5 Å². The summed E-state index contributed by atoms with van der Waals surface area (Å²) in [5.41, 5.74) is 5.60. The molecular weight excluding hydrogens is 389 g/mol. The van der Waals surface area contributed by atoms with Crippen LogP contribution in [0.25, 0.3) is 5.52 Å². The number of aromatic nitrogens is 1. The van der Waals surface area contributed by atoms with Gasteiger partial charge in [-0.3, -0.25) is 9.59 Å². The Balaban J connectivity index is 1.71. The third-order valence-electron chi connectivity index (χ3n) is 4.56. The molecule has 0 radical (unpaired) electrons. The van der Waals surface area contributed by atoms with Gasteiger partial charge in [-0.2, -0.15) is 5.10 Å². The summed E-state index contributed by atoms with van der Waals surface area (Å²) in [4.78, 5) is 25.7. The van der Waals surface area contributed by atoms with Gasteiger partial charge in [-0.05, 0) is 60.3 Å². The summed E-state index contributed by atoms with van der Waals surface area (Å²) in [6.07, 6.45) is 3.33. The number of nitrogens with one attached hydrogen (secondary N) is 1. The molecule has 144 valence electrons. The highest BCUT2D eigenvalue weighted by atomic mass is 32.1. The molecule has 0 saturated carbocycles. The summed E-state index contributed by atoms with van der Waals surface area (Å²) in [5.74, 6) is -0.904. The van der Waals surface area contributed by atoms with E-state index in [0.717, 1.165) is 16.6 Å². The van der Waals surface area contributed by atoms with Gasteiger partial charge < -0.3 is 4.40 Å². The van der Waals surface area contributed by atoms with Crippen molar-refractivity contribution in [2.45, 2.75) is 6.92 Å². The van der Waals surface area contributed by atoms with Gasteiger partial charge in [0.1, 0.15) is 5.82 Å². The first-order valence-corrected chi connectivity index (χ1v) is 9.71. The van der Waals surface area contributed by atoms with Gasteiger partial charge in [-0.15, -0.1) is 11.3 Å². The molecule has 0 bridgehead atoms. The smallest absolute Gasteiger partial charge is 0.281 e. The second kappa shape index (κ2) is 7.81. The normalized spacial score (nSPS) is 11.2. The van der Waals surface area contributed by atoms with Gasteiger partial charge in [0, 0.05) is 17.3 Å². The second-order valence-electron chi connectivity index (χ2n) is 6.36. The van der Waals surface area contributed by atoms with Crippen LogP contribution in [-0.2, 0) is 0 Å². The van der Waals surface area contributed by atoms with Crippen molar-refractivity contribution >= 4 is 34.8 Å². The predicted molar refractivity (Wildman–Crippen MR) is 111 cm³/mol. The molecule has 5 nitrogen and oxygen atoms in total. The van der Waals surface area contributed by atoms with Gasteiger partial charge in [-0.1, -0.05) is 12.1 Å². The summed E-state index contributed by atoms with van der Waals surface area (Å²) in [7, 11) is 0. The molecule has 0 aliphatic rings. The average molecular weight is 405 g/mol. The van der Waals surface area contributed by atoms with Gasteiger partial charge in [0.15, 0.2) is 0 Å². The van der Waals surface area contributed by atoms with Crippen molar-refractivity contribution in [2.24, 2.45) is 5.10 Å². The van der Waals surface area contributed by atoms with Crippen molar-refractivity contribution in [3.05, 3.63) is 99.3 Å². The molecule has 0 atom stereocenters. The molecule has 3 aromatic heterocycles. The van der Waals surface area contributed by atoms with E-state index in [1.54, 1.807) is 22.7 Å². The Labute approximate surface area is 170 Å². The number of fused-ring (bicyclic) bond motifs is 1. The maximum Gasteiger partial charge on any atom is 0.281 e. The maximum atomic E-state index is 13.2. The van der Waals surface area contributed by atoms with Crippen LogP contribution in [0.3, 0.4) is 0 Å². The Morgan fingerprint density at radius 1 is 1.10 bits per heavy atom. The summed E-state index contributed by atoms with van der Waals surface area (Å²) in [6, 6.07) is 14.5. The van der Waals surface area contributed by atoms with Gasteiger partial charge in [-0.25, -0.2) is 9.82 Å². The molecular formula is C22H16FN3O2S. The first-order valence-electron chi connectivity index (χ1n) is 8.83. The number of halogens is 1. The van der Waals surface area contributed by atoms with E-state index in [9.17, 15) is 14.0 Å². The van der Waals surface area contributed by atoms with E-state index in [0.29, 0.717) is 16.1 Å². The minimum Gasteiger partial charge on any atom is -0.313 e. The van der Waals surface area contributed by atoms with Gasteiger partial charge in [0.05, 0.1) is 22.3 Å². The van der Waals surface area contributed by atoms with Crippen molar-refractivity contribution in [3.8, 4) is 0 Å². The first-order chi connectivity index (χ1) is 14.1. The summed E-state index contributed by atoms with van der Waals surface area (Å²) in [5, 5.41) is 5.89. The van der Waals surface area contributed by atoms with Crippen molar-refractivity contribution in [1.82, 2.24) is 9.83 Å². The molecule has 0 saturated heterocycles. The lowest BCUT2D eigenvalue weighted by atomic mass is 10.0. The molecule has 0 unspecified atom stereocenters. The zero-order valence-corrected chi connectivity index (χ0v) is 16.2. The fourth-order valence-electron chi connectivity index (χ4n) is 3.16. The number of carbonyl (C=O) groups is 2. The number of nitrogens with zero attached hydrogens (tertiary/aromatic N) is 2. The Hall–Kier alpha value is -3.58. The molecule has 0 fully saturated rings. The van der Waals surface area contributed by atoms with Gasteiger partial charge in [0.25, 0.3) is 5.91 Å². The summed E-state index contributed by atoms with van der Waals surface area (Å²) < 4.78 is 15.0. The molecule has 29 heavy (non-hydrogen) atoms. The van der Waals surface area contributed by atoms with Crippen LogP contribution in [0.15, 0.2) is 71.3 Å². The molecule has 4 rings (SSSR count). The van der Waals surface area contributed by atoms with Crippen LogP contribution in [0.2, 0.25) is 0 Å². The lowest BCUT2D eigenvalue weighted by Gasteiger charge is -2.04. The third kappa shape index (κ3) is 3.60. The van der Waals surface area contributed by atoms with E-state index in [1.807, 2.05) is 30.5 Å². The number of hydrazone groups is 1. The number of thiophene rings is 1. The number of hydrogen-bond acceptors (Lipinski definition) is 4. The standard InChI is InChI=1S/C22H16FN3O2S/c1-14-17(13-24-25-22(28)19-6-4-12-29-19)18-5-2-3-11-26(18)20(14)21(27)15-7-9-16(23)10-8-15/h2-13H,1H3,(H,25,28)/b24-13-. The molecule has 3 heterocycles. The summed E-state index contributed by atoms with van der Waals surface area (Å²) >= 11 is 1.33. The highest BCUT2D eigenvalue weighted by molar-refractivity contribution is 7.12. The third-order valence-corrected chi connectivity index (χ3v) is 5.43. The first kappa shape index (κ1) is 18.8. The largest absolute Gasteiger partial charge is 0.313 e. The Bertz CT molecular complexity index is 1230. The Morgan fingerprint density at radius 2 is 1.90 bits per heavy atom.